The van der Waals surface area contributed by atoms with Gasteiger partial charge in [0.2, 0.25) is 0 Å². The Kier molecular flexibility index (Phi) is 4.55. The molecule has 1 unspecified atom stereocenters. The van der Waals surface area contributed by atoms with Crippen LogP contribution in [0.1, 0.15) is 17.2 Å². The maximum Gasteiger partial charge on any atom is 0.159 e. The third kappa shape index (κ3) is 3.14. The molecule has 0 aliphatic rings. The average molecular weight is 347 g/mol. The van der Waals surface area contributed by atoms with Crippen LogP contribution in [0.5, 0.6) is 0 Å². The molecule has 0 bridgehead atoms. The molecule has 1 nitrogen and oxygen atoms in total. The van der Waals surface area contributed by atoms with Gasteiger partial charge in [-0.15, -0.1) is 0 Å². The van der Waals surface area contributed by atoms with Crippen LogP contribution < -0.4 is 5.32 Å². The Morgan fingerprint density at radius 3 is 2.26 bits per heavy atom. The number of rotatable bonds is 3. The third-order valence-corrected chi connectivity index (χ3v) is 4.06. The van der Waals surface area contributed by atoms with E-state index in [0.29, 0.717) is 10.6 Å². The molecule has 19 heavy (non-hydrogen) atoms. The monoisotopic (exact) mass is 345 g/mol. The van der Waals surface area contributed by atoms with Crippen molar-refractivity contribution in [1.29, 1.82) is 0 Å². The van der Waals surface area contributed by atoms with Crippen molar-refractivity contribution < 1.29 is 8.78 Å². The lowest BCUT2D eigenvalue weighted by molar-refractivity contribution is 0.505. The summed E-state index contributed by atoms with van der Waals surface area (Å²) < 4.78 is 27.0. The summed E-state index contributed by atoms with van der Waals surface area (Å²) in [6.07, 6.45) is 0. The Hall–Kier alpha value is -0.970. The number of halogens is 4. The van der Waals surface area contributed by atoms with E-state index in [2.05, 4.69) is 21.2 Å². The van der Waals surface area contributed by atoms with Crippen LogP contribution in [0.3, 0.4) is 0 Å². The molecule has 2 aromatic rings. The number of nitrogens with one attached hydrogen (secondary N) is 1. The van der Waals surface area contributed by atoms with Gasteiger partial charge in [0.05, 0.1) is 11.1 Å². The van der Waals surface area contributed by atoms with Crippen molar-refractivity contribution in [2.45, 2.75) is 6.04 Å². The molecule has 0 spiro atoms. The smallest absolute Gasteiger partial charge is 0.159 e. The molecule has 0 heterocycles. The summed E-state index contributed by atoms with van der Waals surface area (Å²) >= 11 is 9.29. The standard InChI is InChI=1S/C14H11BrClF2N/c1-19-14(8-2-4-11(16)10(15)6-8)9-3-5-12(17)13(18)7-9/h2-7,14,19H,1H3. The molecule has 0 aliphatic carbocycles. The summed E-state index contributed by atoms with van der Waals surface area (Å²) in [7, 11) is 1.76. The average Bonchev–Trinajstić information content (AvgIpc) is 2.39. The fourth-order valence-corrected chi connectivity index (χ4v) is 2.42. The first kappa shape index (κ1) is 14.4. The summed E-state index contributed by atoms with van der Waals surface area (Å²) in [5.74, 6) is -1.71. The second-order valence-electron chi connectivity index (χ2n) is 4.07. The number of hydrogen-bond acceptors (Lipinski definition) is 1. The molecule has 0 saturated carbocycles. The second kappa shape index (κ2) is 5.99. The van der Waals surface area contributed by atoms with E-state index in [1.54, 1.807) is 19.2 Å². The zero-order chi connectivity index (χ0) is 14.0. The van der Waals surface area contributed by atoms with Crippen LogP contribution in [0.25, 0.3) is 0 Å². The predicted molar refractivity (Wildman–Crippen MR) is 76.4 cm³/mol. The van der Waals surface area contributed by atoms with Crippen LogP contribution in [0.2, 0.25) is 5.02 Å². The zero-order valence-corrected chi connectivity index (χ0v) is 12.4. The molecule has 1 N–H and O–H groups in total. The fourth-order valence-electron chi connectivity index (χ4n) is 1.91. The Morgan fingerprint density at radius 1 is 1.05 bits per heavy atom. The van der Waals surface area contributed by atoms with E-state index in [0.717, 1.165) is 16.1 Å². The van der Waals surface area contributed by atoms with Crippen molar-refractivity contribution in [3.05, 3.63) is 68.7 Å². The molecule has 100 valence electrons. The van der Waals surface area contributed by atoms with Crippen LogP contribution in [0.4, 0.5) is 8.78 Å². The Morgan fingerprint density at radius 2 is 1.68 bits per heavy atom. The summed E-state index contributed by atoms with van der Waals surface area (Å²) in [5, 5.41) is 3.68. The highest BCUT2D eigenvalue weighted by atomic mass is 79.9. The first-order valence-electron chi connectivity index (χ1n) is 5.60. The quantitative estimate of drug-likeness (QED) is 0.850. The van der Waals surface area contributed by atoms with Gasteiger partial charge in [0, 0.05) is 4.47 Å². The molecule has 0 aliphatic heterocycles. The lowest BCUT2D eigenvalue weighted by Gasteiger charge is -2.18. The summed E-state index contributed by atoms with van der Waals surface area (Å²) in [4.78, 5) is 0. The number of benzene rings is 2. The second-order valence-corrected chi connectivity index (χ2v) is 5.33. The van der Waals surface area contributed by atoms with Gasteiger partial charge in [-0.2, -0.15) is 0 Å². The van der Waals surface area contributed by atoms with E-state index in [1.165, 1.54) is 6.07 Å². The largest absolute Gasteiger partial charge is 0.309 e. The van der Waals surface area contributed by atoms with Gasteiger partial charge >= 0.3 is 0 Å². The predicted octanol–water partition coefficient (Wildman–Crippen LogP) is 4.69. The van der Waals surface area contributed by atoms with E-state index in [-0.39, 0.29) is 6.04 Å². The summed E-state index contributed by atoms with van der Waals surface area (Å²) in [5.41, 5.74) is 1.56. The Balaban J connectivity index is 2.43. The van der Waals surface area contributed by atoms with E-state index in [4.69, 9.17) is 11.6 Å². The van der Waals surface area contributed by atoms with Gasteiger partial charge in [-0.25, -0.2) is 8.78 Å². The van der Waals surface area contributed by atoms with Crippen LogP contribution in [-0.2, 0) is 0 Å². The normalized spacial score (nSPS) is 12.5. The van der Waals surface area contributed by atoms with Crippen LogP contribution in [-0.4, -0.2) is 7.05 Å². The maximum absolute atomic E-state index is 13.3. The van der Waals surface area contributed by atoms with E-state index >= 15 is 0 Å². The summed E-state index contributed by atoms with van der Waals surface area (Å²) in [6, 6.07) is 9.09. The SMILES string of the molecule is CNC(c1ccc(F)c(F)c1)c1ccc(Cl)c(Br)c1. The Bertz CT molecular complexity index is 552. The molecule has 5 heteroatoms. The first-order chi connectivity index (χ1) is 9.02. The fraction of sp³-hybridized carbons (Fsp3) is 0.143. The molecule has 0 aromatic heterocycles. The van der Waals surface area contributed by atoms with E-state index < -0.39 is 11.6 Å². The highest BCUT2D eigenvalue weighted by molar-refractivity contribution is 9.10. The minimum Gasteiger partial charge on any atom is -0.309 e. The minimum absolute atomic E-state index is 0.233. The highest BCUT2D eigenvalue weighted by Crippen LogP contribution is 2.29. The molecule has 0 radical (unpaired) electrons. The summed E-state index contributed by atoms with van der Waals surface area (Å²) in [6.45, 7) is 0. The first-order valence-corrected chi connectivity index (χ1v) is 6.77. The molecular weight excluding hydrogens is 336 g/mol. The van der Waals surface area contributed by atoms with Gasteiger partial charge in [-0.05, 0) is 58.4 Å². The third-order valence-electron chi connectivity index (χ3n) is 2.84. The van der Waals surface area contributed by atoms with Gasteiger partial charge in [-0.3, -0.25) is 0 Å². The van der Waals surface area contributed by atoms with Gasteiger partial charge in [0.25, 0.3) is 0 Å². The lowest BCUT2D eigenvalue weighted by atomic mass is 9.99. The van der Waals surface area contributed by atoms with Crippen molar-refractivity contribution in [1.82, 2.24) is 5.32 Å². The van der Waals surface area contributed by atoms with Crippen molar-refractivity contribution in [2.75, 3.05) is 7.05 Å². The molecule has 2 rings (SSSR count). The number of hydrogen-bond donors (Lipinski definition) is 1. The minimum atomic E-state index is -0.856. The zero-order valence-electron chi connectivity index (χ0n) is 10.1. The molecule has 2 aromatic carbocycles. The van der Waals surface area contributed by atoms with Gasteiger partial charge < -0.3 is 5.32 Å². The van der Waals surface area contributed by atoms with E-state index in [9.17, 15) is 8.78 Å². The highest BCUT2D eigenvalue weighted by Gasteiger charge is 2.15. The van der Waals surface area contributed by atoms with Crippen molar-refractivity contribution in [2.24, 2.45) is 0 Å². The molecule has 1 atom stereocenters. The maximum atomic E-state index is 13.3. The van der Waals surface area contributed by atoms with Crippen molar-refractivity contribution in [3.8, 4) is 0 Å². The molecule has 0 fully saturated rings. The van der Waals surface area contributed by atoms with Crippen LogP contribution in [0.15, 0.2) is 40.9 Å². The van der Waals surface area contributed by atoms with Gasteiger partial charge in [0.15, 0.2) is 11.6 Å². The molecule has 0 saturated heterocycles. The van der Waals surface area contributed by atoms with Crippen molar-refractivity contribution >= 4 is 27.5 Å². The van der Waals surface area contributed by atoms with Crippen LogP contribution >= 0.6 is 27.5 Å². The van der Waals surface area contributed by atoms with Crippen LogP contribution in [0, 0.1) is 11.6 Å². The Labute approximate surface area is 123 Å². The van der Waals surface area contributed by atoms with E-state index in [1.807, 2.05) is 12.1 Å². The topological polar surface area (TPSA) is 12.0 Å². The van der Waals surface area contributed by atoms with Gasteiger partial charge in [0.1, 0.15) is 0 Å². The molecule has 0 amide bonds. The van der Waals surface area contributed by atoms with Crippen molar-refractivity contribution in [3.63, 3.8) is 0 Å². The lowest BCUT2D eigenvalue weighted by Crippen LogP contribution is -2.18. The van der Waals surface area contributed by atoms with Gasteiger partial charge in [-0.1, -0.05) is 23.7 Å². The molecular formula is C14H11BrClF2N.